The highest BCUT2D eigenvalue weighted by Crippen LogP contribution is 2.16. The molecule has 2 rings (SSSR count). The zero-order chi connectivity index (χ0) is 17.0. The van der Waals surface area contributed by atoms with Crippen molar-refractivity contribution < 1.29 is 17.6 Å². The van der Waals surface area contributed by atoms with Gasteiger partial charge in [0.25, 0.3) is 0 Å². The first kappa shape index (κ1) is 17.8. The maximum Gasteiger partial charge on any atom is 0.240 e. The Bertz CT molecular complexity index is 664. The van der Waals surface area contributed by atoms with Gasteiger partial charge in [-0.1, -0.05) is 6.07 Å². The lowest BCUT2D eigenvalue weighted by atomic mass is 10.1. The highest BCUT2D eigenvalue weighted by atomic mass is 32.2. The molecule has 2 atom stereocenters. The van der Waals surface area contributed by atoms with E-state index in [1.807, 2.05) is 0 Å². The van der Waals surface area contributed by atoms with Crippen LogP contribution in [-0.2, 0) is 14.8 Å². The molecule has 1 fully saturated rings. The second-order valence-electron chi connectivity index (χ2n) is 5.94. The molecule has 0 aromatic heterocycles. The number of carbonyl (C=O) groups is 1. The van der Waals surface area contributed by atoms with E-state index in [9.17, 15) is 17.6 Å². The zero-order valence-electron chi connectivity index (χ0n) is 13.0. The molecule has 2 unspecified atom stereocenters. The van der Waals surface area contributed by atoms with Crippen LogP contribution in [0.5, 0.6) is 0 Å². The van der Waals surface area contributed by atoms with E-state index in [2.05, 4.69) is 4.72 Å². The zero-order valence-corrected chi connectivity index (χ0v) is 13.9. The average molecular weight is 343 g/mol. The number of halogens is 1. The second-order valence-corrected chi connectivity index (χ2v) is 7.65. The molecule has 0 aliphatic carbocycles. The fourth-order valence-electron chi connectivity index (χ4n) is 2.63. The Labute approximate surface area is 135 Å². The summed E-state index contributed by atoms with van der Waals surface area (Å²) < 4.78 is 40.4. The molecule has 0 saturated carbocycles. The number of rotatable bonds is 5. The maximum absolute atomic E-state index is 13.2. The molecule has 8 heteroatoms. The van der Waals surface area contributed by atoms with Crippen LogP contribution in [-0.4, -0.2) is 44.4 Å². The molecule has 1 saturated heterocycles. The molecule has 1 aliphatic rings. The van der Waals surface area contributed by atoms with Crippen LogP contribution in [0, 0.1) is 5.82 Å². The lowest BCUT2D eigenvalue weighted by Gasteiger charge is -2.33. The minimum Gasteiger partial charge on any atom is -0.341 e. The van der Waals surface area contributed by atoms with Gasteiger partial charge in [-0.3, -0.25) is 4.79 Å². The molecular formula is C15H22FN3O3S. The Hall–Kier alpha value is -1.51. The quantitative estimate of drug-likeness (QED) is 0.828. The third-order valence-electron chi connectivity index (χ3n) is 3.70. The van der Waals surface area contributed by atoms with Crippen molar-refractivity contribution in [1.29, 1.82) is 0 Å². The Kier molecular flexibility index (Phi) is 5.72. The van der Waals surface area contributed by atoms with Crippen LogP contribution in [0.15, 0.2) is 29.2 Å². The first-order valence-electron chi connectivity index (χ1n) is 7.59. The van der Waals surface area contributed by atoms with Crippen molar-refractivity contribution >= 4 is 15.9 Å². The molecule has 0 spiro atoms. The van der Waals surface area contributed by atoms with Crippen LogP contribution in [0.3, 0.4) is 0 Å². The lowest BCUT2D eigenvalue weighted by Crippen LogP contribution is -2.50. The molecule has 1 aromatic rings. The number of piperidine rings is 1. The largest absolute Gasteiger partial charge is 0.341 e. The number of nitrogens with zero attached hydrogens (tertiary/aromatic N) is 1. The third-order valence-corrected chi connectivity index (χ3v) is 5.22. The molecule has 0 bridgehead atoms. The second kappa shape index (κ2) is 7.37. The Balaban J connectivity index is 2.03. The van der Waals surface area contributed by atoms with Crippen LogP contribution in [0.4, 0.5) is 4.39 Å². The van der Waals surface area contributed by atoms with Crippen LogP contribution in [0.1, 0.15) is 26.2 Å². The van der Waals surface area contributed by atoms with Gasteiger partial charge in [0.2, 0.25) is 15.9 Å². The van der Waals surface area contributed by atoms with Crippen molar-refractivity contribution in [2.75, 3.05) is 13.1 Å². The number of sulfonamides is 1. The number of nitrogens with one attached hydrogen (secondary N) is 1. The van der Waals surface area contributed by atoms with Gasteiger partial charge in [0.1, 0.15) is 5.82 Å². The van der Waals surface area contributed by atoms with Gasteiger partial charge in [0.05, 0.1) is 4.90 Å². The van der Waals surface area contributed by atoms with E-state index in [0.717, 1.165) is 6.07 Å². The Morgan fingerprint density at radius 2 is 2.26 bits per heavy atom. The summed E-state index contributed by atoms with van der Waals surface area (Å²) >= 11 is 0. The van der Waals surface area contributed by atoms with Gasteiger partial charge in [0.15, 0.2) is 0 Å². The molecule has 3 N–H and O–H groups in total. The topological polar surface area (TPSA) is 92.5 Å². The van der Waals surface area contributed by atoms with Crippen molar-refractivity contribution in [2.45, 2.75) is 43.2 Å². The summed E-state index contributed by atoms with van der Waals surface area (Å²) in [6, 6.07) is 4.25. The monoisotopic (exact) mass is 343 g/mol. The summed E-state index contributed by atoms with van der Waals surface area (Å²) in [5, 5.41) is 0. The predicted octanol–water partition coefficient (Wildman–Crippen LogP) is 0.832. The number of hydrogen-bond donors (Lipinski definition) is 2. The summed E-state index contributed by atoms with van der Waals surface area (Å²) in [7, 11) is -3.81. The smallest absolute Gasteiger partial charge is 0.240 e. The fraction of sp³-hybridized carbons (Fsp3) is 0.533. The van der Waals surface area contributed by atoms with Gasteiger partial charge >= 0.3 is 0 Å². The van der Waals surface area contributed by atoms with E-state index in [1.165, 1.54) is 18.2 Å². The average Bonchev–Trinajstić information content (AvgIpc) is 2.46. The van der Waals surface area contributed by atoms with Crippen molar-refractivity contribution in [3.05, 3.63) is 30.1 Å². The van der Waals surface area contributed by atoms with Crippen molar-refractivity contribution in [3.8, 4) is 0 Å². The molecule has 1 aromatic carbocycles. The summed E-state index contributed by atoms with van der Waals surface area (Å²) in [6.45, 7) is 2.66. The van der Waals surface area contributed by atoms with Gasteiger partial charge in [-0.25, -0.2) is 17.5 Å². The Morgan fingerprint density at radius 1 is 1.52 bits per heavy atom. The highest BCUT2D eigenvalue weighted by Gasteiger charge is 2.27. The molecule has 6 nitrogen and oxygen atoms in total. The number of benzene rings is 1. The van der Waals surface area contributed by atoms with Gasteiger partial charge < -0.3 is 10.6 Å². The van der Waals surface area contributed by atoms with Gasteiger partial charge in [-0.05, 0) is 38.0 Å². The molecule has 128 valence electrons. The van der Waals surface area contributed by atoms with Gasteiger partial charge in [-0.2, -0.15) is 0 Å². The molecule has 1 amide bonds. The van der Waals surface area contributed by atoms with E-state index in [0.29, 0.717) is 25.9 Å². The lowest BCUT2D eigenvalue weighted by molar-refractivity contribution is -0.132. The number of carbonyl (C=O) groups excluding carboxylic acids is 1. The summed E-state index contributed by atoms with van der Waals surface area (Å²) in [5.41, 5.74) is 5.63. The van der Waals surface area contributed by atoms with Crippen LogP contribution in [0.2, 0.25) is 0 Å². The van der Waals surface area contributed by atoms with E-state index < -0.39 is 15.8 Å². The first-order valence-corrected chi connectivity index (χ1v) is 9.07. The van der Waals surface area contributed by atoms with E-state index >= 15 is 0 Å². The highest BCUT2D eigenvalue weighted by molar-refractivity contribution is 7.89. The number of amides is 1. The summed E-state index contributed by atoms with van der Waals surface area (Å²) in [6.07, 6.45) is 1.58. The van der Waals surface area contributed by atoms with Gasteiger partial charge in [-0.15, -0.1) is 0 Å². The predicted molar refractivity (Wildman–Crippen MR) is 84.6 cm³/mol. The minimum atomic E-state index is -3.81. The number of nitrogens with two attached hydrogens (primary N) is 1. The van der Waals surface area contributed by atoms with Crippen LogP contribution in [0.25, 0.3) is 0 Å². The van der Waals surface area contributed by atoms with Crippen LogP contribution >= 0.6 is 0 Å². The van der Waals surface area contributed by atoms with Crippen molar-refractivity contribution in [3.63, 3.8) is 0 Å². The normalized spacial score (nSPS) is 20.3. The van der Waals surface area contributed by atoms with Crippen LogP contribution < -0.4 is 10.5 Å². The van der Waals surface area contributed by atoms with E-state index in [-0.39, 0.29) is 29.3 Å². The van der Waals surface area contributed by atoms with Crippen molar-refractivity contribution in [2.24, 2.45) is 5.73 Å². The maximum atomic E-state index is 13.2. The third kappa shape index (κ3) is 4.98. The van der Waals surface area contributed by atoms with Crippen molar-refractivity contribution in [1.82, 2.24) is 9.62 Å². The fourth-order valence-corrected chi connectivity index (χ4v) is 3.92. The number of likely N-dealkylation sites (tertiary alicyclic amines) is 1. The molecule has 0 radical (unpaired) electrons. The summed E-state index contributed by atoms with van der Waals surface area (Å²) in [5.74, 6) is -0.681. The number of hydrogen-bond acceptors (Lipinski definition) is 4. The standard InChI is InChI=1S/C15H22FN3O3S/c1-11(17)8-15(20)19-7-3-5-13(10-19)18-23(21,22)14-6-2-4-12(16)9-14/h2,4,6,9,11,13,18H,3,5,7-8,10,17H2,1H3. The first-order chi connectivity index (χ1) is 10.8. The Morgan fingerprint density at radius 3 is 2.91 bits per heavy atom. The van der Waals surface area contributed by atoms with E-state index in [4.69, 9.17) is 5.73 Å². The summed E-state index contributed by atoms with van der Waals surface area (Å²) in [4.78, 5) is 13.6. The SMILES string of the molecule is CC(N)CC(=O)N1CCCC(NS(=O)(=O)c2cccc(F)c2)C1. The van der Waals surface area contributed by atoms with E-state index in [1.54, 1.807) is 11.8 Å². The minimum absolute atomic E-state index is 0.0744. The molecule has 1 heterocycles. The molecular weight excluding hydrogens is 321 g/mol. The van der Waals surface area contributed by atoms with Gasteiger partial charge in [0, 0.05) is 31.6 Å². The molecule has 1 aliphatic heterocycles. The molecule has 23 heavy (non-hydrogen) atoms.